The summed E-state index contributed by atoms with van der Waals surface area (Å²) >= 11 is 0. The fourth-order valence-corrected chi connectivity index (χ4v) is 2.89. The molecule has 1 heterocycles. The molecule has 0 unspecified atom stereocenters. The third kappa shape index (κ3) is 2.72. The maximum absolute atomic E-state index is 4.59. The first-order chi connectivity index (χ1) is 9.74. The number of nitrogens with one attached hydrogen (secondary N) is 1. The summed E-state index contributed by atoms with van der Waals surface area (Å²) in [7, 11) is 0. The number of fused-ring (bicyclic) bond motifs is 1. The van der Waals surface area contributed by atoms with Crippen LogP contribution in [0.15, 0.2) is 30.5 Å². The molecule has 106 valence electrons. The minimum atomic E-state index is 0.424. The zero-order valence-corrected chi connectivity index (χ0v) is 12.4. The van der Waals surface area contributed by atoms with E-state index in [4.69, 9.17) is 0 Å². The molecule has 1 aliphatic rings. The van der Waals surface area contributed by atoms with Crippen molar-refractivity contribution in [3.05, 3.63) is 47.3 Å². The highest BCUT2D eigenvalue weighted by Gasteiger charge is 2.12. The predicted octanol–water partition coefficient (Wildman–Crippen LogP) is 3.95. The lowest BCUT2D eigenvalue weighted by atomic mass is 9.90. The summed E-state index contributed by atoms with van der Waals surface area (Å²) in [5, 5.41) is 8.16. The van der Waals surface area contributed by atoms with Gasteiger partial charge in [-0.25, -0.2) is 0 Å². The molecule has 3 nitrogen and oxygen atoms in total. The summed E-state index contributed by atoms with van der Waals surface area (Å²) in [5.41, 5.74) is 5.43. The Morgan fingerprint density at radius 3 is 2.85 bits per heavy atom. The number of hydrogen-bond donors (Lipinski definition) is 1. The standard InChI is InChI=1S/C17H23N3/c1-13(2)20-11-10-15(19-20)12-18-17-9-5-7-14-6-3-4-8-16(14)17/h5,7,9-11,13,18H,3-4,6,8,12H2,1-2H3. The number of hydrogen-bond acceptors (Lipinski definition) is 2. The van der Waals surface area contributed by atoms with Crippen molar-refractivity contribution in [2.45, 2.75) is 52.1 Å². The van der Waals surface area contributed by atoms with Crippen molar-refractivity contribution < 1.29 is 0 Å². The second kappa shape index (κ2) is 5.70. The Morgan fingerprint density at radius 1 is 1.20 bits per heavy atom. The number of nitrogens with zero attached hydrogens (tertiary/aromatic N) is 2. The maximum Gasteiger partial charge on any atom is 0.0815 e. The number of anilines is 1. The summed E-state index contributed by atoms with van der Waals surface area (Å²) in [6, 6.07) is 9.16. The topological polar surface area (TPSA) is 29.9 Å². The van der Waals surface area contributed by atoms with Gasteiger partial charge in [0.05, 0.1) is 12.2 Å². The molecule has 1 N–H and O–H groups in total. The second-order valence-corrected chi connectivity index (χ2v) is 5.88. The Labute approximate surface area is 121 Å². The number of rotatable bonds is 4. The Balaban J connectivity index is 1.71. The average Bonchev–Trinajstić information content (AvgIpc) is 2.94. The molecule has 1 aromatic carbocycles. The van der Waals surface area contributed by atoms with E-state index in [1.54, 1.807) is 0 Å². The van der Waals surface area contributed by atoms with E-state index in [0.29, 0.717) is 6.04 Å². The molecule has 2 aromatic rings. The molecule has 0 radical (unpaired) electrons. The predicted molar refractivity (Wildman–Crippen MR) is 83.0 cm³/mol. The van der Waals surface area contributed by atoms with Crippen LogP contribution in [-0.2, 0) is 19.4 Å². The van der Waals surface area contributed by atoms with Gasteiger partial charge in [0.25, 0.3) is 0 Å². The van der Waals surface area contributed by atoms with Crippen molar-refractivity contribution in [3.8, 4) is 0 Å². The zero-order valence-electron chi connectivity index (χ0n) is 12.4. The van der Waals surface area contributed by atoms with E-state index in [-0.39, 0.29) is 0 Å². The van der Waals surface area contributed by atoms with Crippen LogP contribution in [0.4, 0.5) is 5.69 Å². The van der Waals surface area contributed by atoms with Gasteiger partial charge in [-0.1, -0.05) is 12.1 Å². The van der Waals surface area contributed by atoms with E-state index in [9.17, 15) is 0 Å². The minimum Gasteiger partial charge on any atom is -0.379 e. The first-order valence-electron chi connectivity index (χ1n) is 7.62. The quantitative estimate of drug-likeness (QED) is 0.910. The van der Waals surface area contributed by atoms with Crippen LogP contribution in [0.5, 0.6) is 0 Å². The van der Waals surface area contributed by atoms with Gasteiger partial charge < -0.3 is 5.32 Å². The molecule has 0 amide bonds. The van der Waals surface area contributed by atoms with Gasteiger partial charge in [-0.3, -0.25) is 4.68 Å². The van der Waals surface area contributed by atoms with Gasteiger partial charge in [-0.2, -0.15) is 5.10 Å². The van der Waals surface area contributed by atoms with Gasteiger partial charge >= 0.3 is 0 Å². The van der Waals surface area contributed by atoms with Crippen LogP contribution in [0.3, 0.4) is 0 Å². The van der Waals surface area contributed by atoms with E-state index in [1.165, 1.54) is 42.5 Å². The Kier molecular flexibility index (Phi) is 3.77. The Morgan fingerprint density at radius 2 is 2.05 bits per heavy atom. The van der Waals surface area contributed by atoms with E-state index in [1.807, 2.05) is 4.68 Å². The average molecular weight is 269 g/mol. The smallest absolute Gasteiger partial charge is 0.0815 e. The summed E-state index contributed by atoms with van der Waals surface area (Å²) in [4.78, 5) is 0. The lowest BCUT2D eigenvalue weighted by molar-refractivity contribution is 0.527. The minimum absolute atomic E-state index is 0.424. The second-order valence-electron chi connectivity index (χ2n) is 5.88. The van der Waals surface area contributed by atoms with Crippen LogP contribution in [0.2, 0.25) is 0 Å². The highest BCUT2D eigenvalue weighted by atomic mass is 15.3. The number of aromatic nitrogens is 2. The molecule has 3 heteroatoms. The van der Waals surface area contributed by atoms with Crippen molar-refractivity contribution in [2.24, 2.45) is 0 Å². The monoisotopic (exact) mass is 269 g/mol. The molecule has 1 aromatic heterocycles. The zero-order chi connectivity index (χ0) is 13.9. The molecule has 3 rings (SSSR count). The molecule has 1 aliphatic carbocycles. The first kappa shape index (κ1) is 13.2. The molecule has 0 fully saturated rings. The van der Waals surface area contributed by atoms with Crippen LogP contribution in [-0.4, -0.2) is 9.78 Å². The van der Waals surface area contributed by atoms with Gasteiger partial charge in [-0.05, 0) is 62.8 Å². The molecule has 0 saturated carbocycles. The van der Waals surface area contributed by atoms with Crippen LogP contribution in [0, 0.1) is 0 Å². The summed E-state index contributed by atoms with van der Waals surface area (Å²) < 4.78 is 2.01. The molecule has 0 saturated heterocycles. The molecule has 0 bridgehead atoms. The third-order valence-electron chi connectivity index (χ3n) is 4.05. The van der Waals surface area contributed by atoms with Crippen LogP contribution < -0.4 is 5.32 Å². The number of benzene rings is 1. The summed E-state index contributed by atoms with van der Waals surface area (Å²) in [6.45, 7) is 5.10. The maximum atomic E-state index is 4.59. The van der Waals surface area contributed by atoms with Gasteiger partial charge in [0.2, 0.25) is 0 Å². The van der Waals surface area contributed by atoms with E-state index in [2.05, 4.69) is 54.7 Å². The van der Waals surface area contributed by atoms with Gasteiger partial charge in [0, 0.05) is 17.9 Å². The molecule has 20 heavy (non-hydrogen) atoms. The SMILES string of the molecule is CC(C)n1ccc(CNc2cccc3c2CCCC3)n1. The molecular formula is C17H23N3. The third-order valence-corrected chi connectivity index (χ3v) is 4.05. The normalized spacial score (nSPS) is 14.3. The molecular weight excluding hydrogens is 246 g/mol. The molecule has 0 atom stereocenters. The van der Waals surface area contributed by atoms with Crippen molar-refractivity contribution in [2.75, 3.05) is 5.32 Å². The molecule has 0 aliphatic heterocycles. The number of aryl methyl sites for hydroxylation is 1. The van der Waals surface area contributed by atoms with E-state index >= 15 is 0 Å². The molecule has 0 spiro atoms. The Hall–Kier alpha value is -1.77. The first-order valence-corrected chi connectivity index (χ1v) is 7.62. The van der Waals surface area contributed by atoms with E-state index < -0.39 is 0 Å². The lowest BCUT2D eigenvalue weighted by Crippen LogP contribution is -2.09. The van der Waals surface area contributed by atoms with Crippen LogP contribution >= 0.6 is 0 Å². The highest BCUT2D eigenvalue weighted by Crippen LogP contribution is 2.28. The van der Waals surface area contributed by atoms with Gasteiger partial charge in [-0.15, -0.1) is 0 Å². The fraction of sp³-hybridized carbons (Fsp3) is 0.471. The fourth-order valence-electron chi connectivity index (χ4n) is 2.89. The van der Waals surface area contributed by atoms with Crippen molar-refractivity contribution in [1.82, 2.24) is 9.78 Å². The van der Waals surface area contributed by atoms with Gasteiger partial charge in [0.15, 0.2) is 0 Å². The summed E-state index contributed by atoms with van der Waals surface area (Å²) in [6.07, 6.45) is 7.14. The Bertz CT molecular complexity index is 584. The van der Waals surface area contributed by atoms with Crippen molar-refractivity contribution >= 4 is 5.69 Å². The highest BCUT2D eigenvalue weighted by molar-refractivity contribution is 5.55. The van der Waals surface area contributed by atoms with Crippen LogP contribution in [0.25, 0.3) is 0 Å². The lowest BCUT2D eigenvalue weighted by Gasteiger charge is -2.19. The van der Waals surface area contributed by atoms with E-state index in [0.717, 1.165) is 12.2 Å². The van der Waals surface area contributed by atoms with Crippen molar-refractivity contribution in [3.63, 3.8) is 0 Å². The summed E-state index contributed by atoms with van der Waals surface area (Å²) in [5.74, 6) is 0. The van der Waals surface area contributed by atoms with Crippen molar-refractivity contribution in [1.29, 1.82) is 0 Å². The van der Waals surface area contributed by atoms with Crippen LogP contribution in [0.1, 0.15) is 49.6 Å². The largest absolute Gasteiger partial charge is 0.379 e. The van der Waals surface area contributed by atoms with Gasteiger partial charge in [0.1, 0.15) is 0 Å².